The summed E-state index contributed by atoms with van der Waals surface area (Å²) in [5.74, 6) is 0.0596. The third kappa shape index (κ3) is 4.36. The van der Waals surface area contributed by atoms with Crippen LogP contribution in [0.25, 0.3) is 0 Å². The summed E-state index contributed by atoms with van der Waals surface area (Å²) in [5.41, 5.74) is 1.94. The molecule has 5 heteroatoms. The van der Waals surface area contributed by atoms with E-state index in [1.165, 1.54) is 5.01 Å². The number of aromatic nitrogens is 1. The fourth-order valence-electron chi connectivity index (χ4n) is 1.61. The lowest BCUT2D eigenvalue weighted by atomic mass is 10.2. The number of carboxylic acid groups (broad SMARTS) is 1. The number of rotatable bonds is 6. The number of hydrogen-bond donors (Lipinski definition) is 1. The van der Waals surface area contributed by atoms with Gasteiger partial charge in [0, 0.05) is 16.0 Å². The Kier molecular flexibility index (Phi) is 4.99. The lowest BCUT2D eigenvalue weighted by Gasteiger charge is -2.01. The molecule has 0 unspecified atom stereocenters. The van der Waals surface area contributed by atoms with Gasteiger partial charge in [0.05, 0.1) is 17.1 Å². The summed E-state index contributed by atoms with van der Waals surface area (Å²) in [6, 6.07) is 7.68. The van der Waals surface area contributed by atoms with E-state index in [1.54, 1.807) is 23.1 Å². The van der Waals surface area contributed by atoms with Crippen LogP contribution < -0.4 is 0 Å². The van der Waals surface area contributed by atoms with Crippen LogP contribution >= 0.6 is 23.1 Å². The number of nitrogens with zero attached hydrogens (tertiary/aromatic N) is 1. The minimum Gasteiger partial charge on any atom is -0.481 e. The van der Waals surface area contributed by atoms with E-state index in [0.29, 0.717) is 0 Å². The minimum atomic E-state index is -0.796. The Morgan fingerprint density at radius 2 is 2.11 bits per heavy atom. The summed E-state index contributed by atoms with van der Waals surface area (Å²) in [7, 11) is 0. The van der Waals surface area contributed by atoms with Gasteiger partial charge in [-0.15, -0.1) is 23.1 Å². The van der Waals surface area contributed by atoms with Crippen molar-refractivity contribution in [2.45, 2.75) is 30.4 Å². The highest BCUT2D eigenvalue weighted by Crippen LogP contribution is 2.24. The molecule has 0 aliphatic carbocycles. The average molecular weight is 293 g/mol. The van der Waals surface area contributed by atoms with E-state index in [0.717, 1.165) is 28.3 Å². The molecule has 0 aliphatic heterocycles. The molecule has 0 bridgehead atoms. The molecule has 1 N–H and O–H groups in total. The molecule has 0 saturated carbocycles. The highest BCUT2D eigenvalue weighted by molar-refractivity contribution is 7.98. The maximum Gasteiger partial charge on any atom is 0.307 e. The number of carbonyl (C=O) groups is 1. The Morgan fingerprint density at radius 1 is 1.37 bits per heavy atom. The van der Waals surface area contributed by atoms with Crippen molar-refractivity contribution in [2.24, 2.45) is 0 Å². The molecule has 0 spiro atoms. The Labute approximate surface area is 120 Å². The van der Waals surface area contributed by atoms with Crippen molar-refractivity contribution in [1.29, 1.82) is 0 Å². The molecule has 2 rings (SSSR count). The zero-order chi connectivity index (χ0) is 13.7. The molecular formula is C14H15NO2S2. The molecule has 1 heterocycles. The van der Waals surface area contributed by atoms with Crippen molar-refractivity contribution in [3.63, 3.8) is 0 Å². The first-order valence-corrected chi connectivity index (χ1v) is 7.90. The maximum absolute atomic E-state index is 10.6. The van der Waals surface area contributed by atoms with Gasteiger partial charge in [-0.1, -0.05) is 19.1 Å². The predicted octanol–water partition coefficient (Wildman–Crippen LogP) is 3.62. The first-order valence-electron chi connectivity index (χ1n) is 6.04. The van der Waals surface area contributed by atoms with Crippen molar-refractivity contribution in [3.05, 3.63) is 45.9 Å². The van der Waals surface area contributed by atoms with E-state index in [4.69, 9.17) is 5.11 Å². The van der Waals surface area contributed by atoms with Crippen LogP contribution in [-0.2, 0) is 23.4 Å². The van der Waals surface area contributed by atoms with E-state index in [2.05, 4.69) is 17.3 Å². The van der Waals surface area contributed by atoms with Gasteiger partial charge in [-0.2, -0.15) is 0 Å². The van der Waals surface area contributed by atoms with Crippen LogP contribution in [0.1, 0.15) is 23.2 Å². The molecule has 3 nitrogen and oxygen atoms in total. The van der Waals surface area contributed by atoms with Gasteiger partial charge in [-0.05, 0) is 24.1 Å². The molecule has 1 aromatic carbocycles. The van der Waals surface area contributed by atoms with Crippen molar-refractivity contribution in [3.8, 4) is 0 Å². The monoisotopic (exact) mass is 293 g/mol. The highest BCUT2D eigenvalue weighted by Gasteiger charge is 2.03. The number of thioether (sulfide) groups is 1. The smallest absolute Gasteiger partial charge is 0.307 e. The Bertz CT molecular complexity index is 549. The van der Waals surface area contributed by atoms with Gasteiger partial charge in [0.25, 0.3) is 0 Å². The van der Waals surface area contributed by atoms with Crippen LogP contribution in [-0.4, -0.2) is 16.1 Å². The second-order valence-corrected chi connectivity index (χ2v) is 6.08. The molecule has 2 aromatic rings. The van der Waals surface area contributed by atoms with Crippen LogP contribution in [0.3, 0.4) is 0 Å². The predicted molar refractivity (Wildman–Crippen MR) is 78.8 cm³/mol. The zero-order valence-corrected chi connectivity index (χ0v) is 12.3. The summed E-state index contributed by atoms with van der Waals surface area (Å²) < 4.78 is 0. The summed E-state index contributed by atoms with van der Waals surface area (Å²) >= 11 is 3.43. The standard InChI is InChI=1S/C14H15NO2S2/c1-2-13-15-11(9-19-13)8-18-12-5-3-10(4-6-12)7-14(16)17/h3-6,9H,2,7-8H2,1H3,(H,16,17). The molecule has 0 amide bonds. The van der Waals surface area contributed by atoms with E-state index < -0.39 is 5.97 Å². The number of aliphatic carboxylic acids is 1. The third-order valence-electron chi connectivity index (χ3n) is 2.57. The molecular weight excluding hydrogens is 278 g/mol. The summed E-state index contributed by atoms with van der Waals surface area (Å²) in [4.78, 5) is 16.2. The molecule has 0 atom stereocenters. The molecule has 100 valence electrons. The number of hydrogen-bond acceptors (Lipinski definition) is 4. The lowest BCUT2D eigenvalue weighted by molar-refractivity contribution is -0.136. The summed E-state index contributed by atoms with van der Waals surface area (Å²) in [6.45, 7) is 2.11. The Hall–Kier alpha value is -1.33. The van der Waals surface area contributed by atoms with Gasteiger partial charge in [-0.3, -0.25) is 4.79 Å². The van der Waals surface area contributed by atoms with Gasteiger partial charge >= 0.3 is 5.97 Å². The summed E-state index contributed by atoms with van der Waals surface area (Å²) in [6.07, 6.45) is 1.07. The van der Waals surface area contributed by atoms with Crippen molar-refractivity contribution in [1.82, 2.24) is 4.98 Å². The van der Waals surface area contributed by atoms with Crippen LogP contribution in [0.5, 0.6) is 0 Å². The van der Waals surface area contributed by atoms with E-state index in [-0.39, 0.29) is 6.42 Å². The Balaban J connectivity index is 1.90. The fraction of sp³-hybridized carbons (Fsp3) is 0.286. The minimum absolute atomic E-state index is 0.0803. The van der Waals surface area contributed by atoms with Crippen molar-refractivity contribution >= 4 is 29.1 Å². The molecule has 0 fully saturated rings. The maximum atomic E-state index is 10.6. The van der Waals surface area contributed by atoms with Crippen LogP contribution in [0, 0.1) is 0 Å². The Morgan fingerprint density at radius 3 is 2.68 bits per heavy atom. The normalized spacial score (nSPS) is 10.6. The van der Waals surface area contributed by atoms with Gasteiger partial charge < -0.3 is 5.11 Å². The van der Waals surface area contributed by atoms with Crippen LogP contribution in [0.2, 0.25) is 0 Å². The fourth-order valence-corrected chi connectivity index (χ4v) is 3.25. The highest BCUT2D eigenvalue weighted by atomic mass is 32.2. The van der Waals surface area contributed by atoms with Crippen molar-refractivity contribution < 1.29 is 9.90 Å². The van der Waals surface area contributed by atoms with Gasteiger partial charge in [0.2, 0.25) is 0 Å². The first-order chi connectivity index (χ1) is 9.17. The molecule has 1 aromatic heterocycles. The van der Waals surface area contributed by atoms with Gasteiger partial charge in [0.1, 0.15) is 0 Å². The number of aryl methyl sites for hydroxylation is 1. The van der Waals surface area contributed by atoms with E-state index >= 15 is 0 Å². The van der Waals surface area contributed by atoms with Gasteiger partial charge in [0.15, 0.2) is 0 Å². The largest absolute Gasteiger partial charge is 0.481 e. The zero-order valence-electron chi connectivity index (χ0n) is 10.6. The first kappa shape index (κ1) is 14.1. The van der Waals surface area contributed by atoms with E-state index in [9.17, 15) is 4.79 Å². The van der Waals surface area contributed by atoms with Crippen molar-refractivity contribution in [2.75, 3.05) is 0 Å². The second-order valence-electron chi connectivity index (χ2n) is 4.09. The molecule has 0 radical (unpaired) electrons. The number of thiazole rings is 1. The topological polar surface area (TPSA) is 50.2 Å². The molecule has 0 saturated heterocycles. The van der Waals surface area contributed by atoms with E-state index in [1.807, 2.05) is 24.3 Å². The van der Waals surface area contributed by atoms with Crippen LogP contribution in [0.4, 0.5) is 0 Å². The third-order valence-corrected chi connectivity index (χ3v) is 4.65. The summed E-state index contributed by atoms with van der Waals surface area (Å²) in [5, 5.41) is 12.0. The SMILES string of the molecule is CCc1nc(CSc2ccc(CC(=O)O)cc2)cs1. The lowest BCUT2D eigenvalue weighted by Crippen LogP contribution is -1.99. The van der Waals surface area contributed by atoms with Gasteiger partial charge in [-0.25, -0.2) is 4.98 Å². The quantitative estimate of drug-likeness (QED) is 0.826. The molecule has 19 heavy (non-hydrogen) atoms. The average Bonchev–Trinajstić information content (AvgIpc) is 2.85. The second kappa shape index (κ2) is 6.73. The number of carboxylic acids is 1. The number of benzene rings is 1. The van der Waals surface area contributed by atoms with Crippen LogP contribution in [0.15, 0.2) is 34.5 Å². The molecule has 0 aliphatic rings.